The molecule has 0 radical (unpaired) electrons. The Kier molecular flexibility index (Phi) is 5.98. The number of ether oxygens (including phenoxy) is 2. The average molecular weight is 392 g/mol. The molecular weight excluding hydrogens is 374 g/mol. The number of carbonyl (C=O) groups is 1. The van der Waals surface area contributed by atoms with Crippen LogP contribution < -0.4 is 9.47 Å². The number of rotatable bonds is 6. The Balaban J connectivity index is 2.36. The maximum atomic E-state index is 11.1. The molecule has 2 aromatic rings. The zero-order valence-electron chi connectivity index (χ0n) is 13.6. The third kappa shape index (κ3) is 4.35. The van der Waals surface area contributed by atoms with Gasteiger partial charge in [0.1, 0.15) is 0 Å². The van der Waals surface area contributed by atoms with Gasteiger partial charge in [0, 0.05) is 16.3 Å². The van der Waals surface area contributed by atoms with Crippen molar-refractivity contribution in [1.29, 1.82) is 0 Å². The molecule has 0 bridgehead atoms. The standard InChI is InChI=1S/C18H18BrNO4/c1-11-9-14(7-8-15(11)19)20-10-13-5-4-6-16(23-3)17(13)24-12(2)18(21)22/h4-10,12H,1-3H3,(H,21,22)/t12-/m1/s1. The van der Waals surface area contributed by atoms with Crippen LogP contribution in [0.25, 0.3) is 0 Å². The van der Waals surface area contributed by atoms with Crippen LogP contribution in [0.1, 0.15) is 18.1 Å². The van der Waals surface area contributed by atoms with Crippen molar-refractivity contribution in [1.82, 2.24) is 0 Å². The van der Waals surface area contributed by atoms with E-state index in [1.165, 1.54) is 14.0 Å². The van der Waals surface area contributed by atoms with Crippen molar-refractivity contribution in [3.8, 4) is 11.5 Å². The highest BCUT2D eigenvalue weighted by atomic mass is 79.9. The molecule has 0 spiro atoms. The van der Waals surface area contributed by atoms with Crippen LogP contribution in [0.4, 0.5) is 5.69 Å². The number of aryl methyl sites for hydroxylation is 1. The molecule has 0 fully saturated rings. The van der Waals surface area contributed by atoms with Crippen LogP contribution in [0.15, 0.2) is 45.9 Å². The SMILES string of the molecule is COc1cccc(C=Nc2ccc(Br)c(C)c2)c1O[C@H](C)C(=O)O. The van der Waals surface area contributed by atoms with Crippen molar-refractivity contribution >= 4 is 33.8 Å². The van der Waals surface area contributed by atoms with Crippen molar-refractivity contribution in [3.05, 3.63) is 52.0 Å². The Morgan fingerprint density at radius 2 is 2.08 bits per heavy atom. The summed E-state index contributed by atoms with van der Waals surface area (Å²) >= 11 is 3.45. The predicted molar refractivity (Wildman–Crippen MR) is 96.9 cm³/mol. The van der Waals surface area contributed by atoms with Crippen molar-refractivity contribution in [2.45, 2.75) is 20.0 Å². The van der Waals surface area contributed by atoms with E-state index in [0.29, 0.717) is 17.1 Å². The highest BCUT2D eigenvalue weighted by Crippen LogP contribution is 2.31. The van der Waals surface area contributed by atoms with Gasteiger partial charge in [0.25, 0.3) is 0 Å². The number of carboxylic acids is 1. The molecule has 0 aliphatic heterocycles. The first kappa shape index (κ1) is 18.0. The largest absolute Gasteiger partial charge is 0.493 e. The second-order valence-corrected chi connectivity index (χ2v) is 6.02. The van der Waals surface area contributed by atoms with Gasteiger partial charge >= 0.3 is 5.97 Å². The lowest BCUT2D eigenvalue weighted by atomic mass is 10.2. The van der Waals surface area contributed by atoms with E-state index in [9.17, 15) is 4.79 Å². The van der Waals surface area contributed by atoms with Gasteiger partial charge in [-0.15, -0.1) is 0 Å². The van der Waals surface area contributed by atoms with Gasteiger partial charge in [-0.1, -0.05) is 22.0 Å². The second-order valence-electron chi connectivity index (χ2n) is 5.17. The maximum absolute atomic E-state index is 11.1. The zero-order chi connectivity index (χ0) is 17.7. The van der Waals surface area contributed by atoms with Crippen LogP contribution in [-0.2, 0) is 4.79 Å². The Hall–Kier alpha value is -2.34. The van der Waals surface area contributed by atoms with E-state index in [2.05, 4.69) is 20.9 Å². The molecule has 0 aromatic heterocycles. The fraction of sp³-hybridized carbons (Fsp3) is 0.222. The topological polar surface area (TPSA) is 68.1 Å². The number of halogens is 1. The molecule has 5 nitrogen and oxygen atoms in total. The number of hydrogen-bond donors (Lipinski definition) is 1. The highest BCUT2D eigenvalue weighted by molar-refractivity contribution is 9.10. The lowest BCUT2D eigenvalue weighted by molar-refractivity contribution is -0.144. The molecule has 0 aliphatic rings. The van der Waals surface area contributed by atoms with Gasteiger partial charge in [-0.05, 0) is 49.7 Å². The minimum Gasteiger partial charge on any atom is -0.493 e. The summed E-state index contributed by atoms with van der Waals surface area (Å²) in [5, 5.41) is 9.06. The number of aliphatic imine (C=N–C) groups is 1. The number of methoxy groups -OCH3 is 1. The number of benzene rings is 2. The fourth-order valence-corrected chi connectivity index (χ4v) is 2.25. The molecular formula is C18H18BrNO4. The third-order valence-electron chi connectivity index (χ3n) is 3.37. The van der Waals surface area contributed by atoms with Crippen molar-refractivity contribution in [2.24, 2.45) is 4.99 Å². The first-order chi connectivity index (χ1) is 11.4. The lowest BCUT2D eigenvalue weighted by Gasteiger charge is -2.15. The van der Waals surface area contributed by atoms with E-state index in [1.54, 1.807) is 24.4 Å². The molecule has 2 rings (SSSR count). The van der Waals surface area contributed by atoms with Gasteiger partial charge in [0.15, 0.2) is 17.6 Å². The molecule has 2 aromatic carbocycles. The quantitative estimate of drug-likeness (QED) is 0.742. The Labute approximate surface area is 149 Å². The van der Waals surface area contributed by atoms with E-state index < -0.39 is 12.1 Å². The Morgan fingerprint density at radius 1 is 1.33 bits per heavy atom. The molecule has 0 heterocycles. The monoisotopic (exact) mass is 391 g/mol. The molecule has 0 saturated carbocycles. The number of carboxylic acid groups (broad SMARTS) is 1. The summed E-state index contributed by atoms with van der Waals surface area (Å²) in [5.74, 6) is -0.237. The third-order valence-corrected chi connectivity index (χ3v) is 4.26. The predicted octanol–water partition coefficient (Wildman–Crippen LogP) is 4.37. The first-order valence-electron chi connectivity index (χ1n) is 7.29. The molecule has 0 amide bonds. The maximum Gasteiger partial charge on any atom is 0.344 e. The summed E-state index contributed by atoms with van der Waals surface area (Å²) in [5.41, 5.74) is 2.50. The molecule has 1 N–H and O–H groups in total. The molecule has 0 saturated heterocycles. The normalized spacial score (nSPS) is 12.2. The molecule has 0 unspecified atom stereocenters. The van der Waals surface area contributed by atoms with Crippen molar-refractivity contribution in [2.75, 3.05) is 7.11 Å². The van der Waals surface area contributed by atoms with Crippen LogP contribution in [0.2, 0.25) is 0 Å². The van der Waals surface area contributed by atoms with E-state index in [0.717, 1.165) is 15.7 Å². The Bertz CT molecular complexity index is 774. The Morgan fingerprint density at radius 3 is 2.71 bits per heavy atom. The van der Waals surface area contributed by atoms with Gasteiger partial charge in [0.05, 0.1) is 12.8 Å². The van der Waals surface area contributed by atoms with Crippen LogP contribution in [0.3, 0.4) is 0 Å². The van der Waals surface area contributed by atoms with E-state index in [1.807, 2.05) is 25.1 Å². The zero-order valence-corrected chi connectivity index (χ0v) is 15.2. The van der Waals surface area contributed by atoms with Gasteiger partial charge in [-0.3, -0.25) is 4.99 Å². The van der Waals surface area contributed by atoms with Crippen molar-refractivity contribution < 1.29 is 19.4 Å². The van der Waals surface area contributed by atoms with Gasteiger partial charge in [-0.2, -0.15) is 0 Å². The lowest BCUT2D eigenvalue weighted by Crippen LogP contribution is -2.23. The molecule has 126 valence electrons. The van der Waals surface area contributed by atoms with Crippen molar-refractivity contribution in [3.63, 3.8) is 0 Å². The number of para-hydroxylation sites is 1. The summed E-state index contributed by atoms with van der Waals surface area (Å²) < 4.78 is 11.8. The van der Waals surface area contributed by atoms with Gasteiger partial charge in [0.2, 0.25) is 0 Å². The first-order valence-corrected chi connectivity index (χ1v) is 8.08. The minimum atomic E-state index is -1.05. The minimum absolute atomic E-state index is 0.354. The molecule has 24 heavy (non-hydrogen) atoms. The van der Waals surface area contributed by atoms with Gasteiger partial charge in [-0.25, -0.2) is 4.79 Å². The second kappa shape index (κ2) is 7.97. The molecule has 0 aliphatic carbocycles. The summed E-state index contributed by atoms with van der Waals surface area (Å²) in [4.78, 5) is 15.5. The summed E-state index contributed by atoms with van der Waals surface area (Å²) in [6, 6.07) is 11.1. The average Bonchev–Trinajstić information content (AvgIpc) is 2.56. The highest BCUT2D eigenvalue weighted by Gasteiger charge is 2.17. The number of aliphatic carboxylic acids is 1. The van der Waals surface area contributed by atoms with E-state index in [-0.39, 0.29) is 0 Å². The van der Waals surface area contributed by atoms with E-state index >= 15 is 0 Å². The molecule has 1 atom stereocenters. The number of hydrogen-bond acceptors (Lipinski definition) is 4. The van der Waals surface area contributed by atoms with Crippen LogP contribution in [0.5, 0.6) is 11.5 Å². The smallest absolute Gasteiger partial charge is 0.344 e. The summed E-state index contributed by atoms with van der Waals surface area (Å²) in [6.07, 6.45) is 0.637. The van der Waals surface area contributed by atoms with Crippen LogP contribution in [-0.4, -0.2) is 30.5 Å². The summed E-state index contributed by atoms with van der Waals surface area (Å²) in [6.45, 7) is 3.45. The van der Waals surface area contributed by atoms with Crippen LogP contribution in [0, 0.1) is 6.92 Å². The summed E-state index contributed by atoms with van der Waals surface area (Å²) in [7, 11) is 1.51. The number of nitrogens with zero attached hydrogens (tertiary/aromatic N) is 1. The van der Waals surface area contributed by atoms with Crippen LogP contribution >= 0.6 is 15.9 Å². The van der Waals surface area contributed by atoms with E-state index in [4.69, 9.17) is 14.6 Å². The van der Waals surface area contributed by atoms with Gasteiger partial charge < -0.3 is 14.6 Å². The molecule has 6 heteroatoms. The fourth-order valence-electron chi connectivity index (χ4n) is 2.00.